The van der Waals surface area contributed by atoms with Crippen LogP contribution in [0.5, 0.6) is 5.75 Å². The number of benzene rings is 1. The Morgan fingerprint density at radius 2 is 2.20 bits per heavy atom. The molecule has 0 radical (unpaired) electrons. The molecule has 1 aromatic heterocycles. The molecule has 5 nitrogen and oxygen atoms in total. The monoisotopic (exact) mass is 272 g/mol. The molecule has 0 aliphatic rings. The molecule has 0 atom stereocenters. The summed E-state index contributed by atoms with van der Waals surface area (Å²) in [5, 5.41) is 17.7. The topological polar surface area (TPSA) is 83.2 Å². The van der Waals surface area contributed by atoms with E-state index in [1.54, 1.807) is 6.07 Å². The lowest BCUT2D eigenvalue weighted by molar-refractivity contribution is 0.0691. The summed E-state index contributed by atoms with van der Waals surface area (Å²) >= 11 is 0. The van der Waals surface area contributed by atoms with Gasteiger partial charge in [0.15, 0.2) is 0 Å². The standard InChI is InChI=1S/C14H9FN2O3/c15-10-1-2-12(14(18)19)13(6-10)20-8-9-3-4-17-11(5-9)7-16/h1-6H,8H2,(H,18,19). The average Bonchev–Trinajstić information content (AvgIpc) is 2.45. The van der Waals surface area contributed by atoms with Gasteiger partial charge in [0, 0.05) is 12.3 Å². The van der Waals surface area contributed by atoms with E-state index in [1.807, 2.05) is 6.07 Å². The van der Waals surface area contributed by atoms with Gasteiger partial charge in [-0.3, -0.25) is 0 Å². The Hall–Kier alpha value is -2.94. The lowest BCUT2D eigenvalue weighted by Crippen LogP contribution is -2.04. The Balaban J connectivity index is 2.20. The van der Waals surface area contributed by atoms with Crippen LogP contribution < -0.4 is 4.74 Å². The number of rotatable bonds is 4. The molecule has 6 heteroatoms. The van der Waals surface area contributed by atoms with Crippen LogP contribution in [0.4, 0.5) is 4.39 Å². The van der Waals surface area contributed by atoms with Crippen LogP contribution in [0.1, 0.15) is 21.6 Å². The third kappa shape index (κ3) is 3.09. The predicted octanol–water partition coefficient (Wildman–Crippen LogP) is 2.37. The van der Waals surface area contributed by atoms with E-state index >= 15 is 0 Å². The zero-order chi connectivity index (χ0) is 14.5. The number of aromatic nitrogens is 1. The number of carbonyl (C=O) groups is 1. The Morgan fingerprint density at radius 1 is 1.40 bits per heavy atom. The molecular formula is C14H9FN2O3. The maximum atomic E-state index is 13.1. The van der Waals surface area contributed by atoms with Gasteiger partial charge in [0.25, 0.3) is 0 Å². The summed E-state index contributed by atoms with van der Waals surface area (Å²) in [4.78, 5) is 14.8. The number of aromatic carboxylic acids is 1. The summed E-state index contributed by atoms with van der Waals surface area (Å²) in [7, 11) is 0. The molecule has 0 unspecified atom stereocenters. The first-order valence-electron chi connectivity index (χ1n) is 5.61. The SMILES string of the molecule is N#Cc1cc(COc2cc(F)ccc2C(=O)O)ccn1. The molecule has 100 valence electrons. The molecule has 2 rings (SSSR count). The molecule has 0 saturated carbocycles. The van der Waals surface area contributed by atoms with Gasteiger partial charge in [0.1, 0.15) is 35.5 Å². The molecule has 1 aromatic carbocycles. The van der Waals surface area contributed by atoms with Gasteiger partial charge in [0.05, 0.1) is 0 Å². The first kappa shape index (κ1) is 13.5. The van der Waals surface area contributed by atoms with Gasteiger partial charge in [-0.1, -0.05) is 0 Å². The number of carboxylic acid groups (broad SMARTS) is 1. The van der Waals surface area contributed by atoms with Crippen LogP contribution in [-0.4, -0.2) is 16.1 Å². The fourth-order valence-electron chi connectivity index (χ4n) is 1.58. The smallest absolute Gasteiger partial charge is 0.339 e. The number of nitrogens with zero attached hydrogens (tertiary/aromatic N) is 2. The van der Waals surface area contributed by atoms with Gasteiger partial charge in [0.2, 0.25) is 0 Å². The predicted molar refractivity (Wildman–Crippen MR) is 66.6 cm³/mol. The van der Waals surface area contributed by atoms with Gasteiger partial charge in [-0.05, 0) is 29.8 Å². The van der Waals surface area contributed by atoms with Crippen LogP contribution in [0.15, 0.2) is 36.5 Å². The van der Waals surface area contributed by atoms with Gasteiger partial charge >= 0.3 is 5.97 Å². The molecule has 0 fully saturated rings. The number of pyridine rings is 1. The van der Waals surface area contributed by atoms with Crippen molar-refractivity contribution < 1.29 is 19.0 Å². The molecule has 1 N–H and O–H groups in total. The third-order valence-electron chi connectivity index (χ3n) is 2.51. The number of nitriles is 1. The van der Waals surface area contributed by atoms with E-state index in [1.165, 1.54) is 12.3 Å². The minimum absolute atomic E-state index is 0.0148. The van der Waals surface area contributed by atoms with Crippen molar-refractivity contribution in [1.82, 2.24) is 4.98 Å². The largest absolute Gasteiger partial charge is 0.488 e. The Labute approximate surface area is 113 Å². The number of ether oxygens (including phenoxy) is 1. The quantitative estimate of drug-likeness (QED) is 0.923. The zero-order valence-electron chi connectivity index (χ0n) is 10.2. The van der Waals surface area contributed by atoms with Gasteiger partial charge in [-0.15, -0.1) is 0 Å². The van der Waals surface area contributed by atoms with E-state index in [0.29, 0.717) is 5.56 Å². The van der Waals surface area contributed by atoms with Crippen LogP contribution in [0.3, 0.4) is 0 Å². The van der Waals surface area contributed by atoms with Crippen LogP contribution in [0, 0.1) is 17.1 Å². The van der Waals surface area contributed by atoms with Crippen LogP contribution in [0.2, 0.25) is 0 Å². The highest BCUT2D eigenvalue weighted by atomic mass is 19.1. The summed E-state index contributed by atoms with van der Waals surface area (Å²) in [5.74, 6) is -1.85. The second-order valence-electron chi connectivity index (χ2n) is 3.90. The van der Waals surface area contributed by atoms with Crippen molar-refractivity contribution in [2.75, 3.05) is 0 Å². The van der Waals surface area contributed by atoms with E-state index in [0.717, 1.165) is 18.2 Å². The van der Waals surface area contributed by atoms with E-state index < -0.39 is 11.8 Å². The van der Waals surface area contributed by atoms with E-state index in [9.17, 15) is 9.18 Å². The summed E-state index contributed by atoms with van der Waals surface area (Å²) in [6.45, 7) is 0.0148. The molecule has 0 bridgehead atoms. The number of hydrogen-bond donors (Lipinski definition) is 1. The minimum atomic E-state index is -1.20. The van der Waals surface area contributed by atoms with Crippen molar-refractivity contribution in [1.29, 1.82) is 5.26 Å². The van der Waals surface area contributed by atoms with Gasteiger partial charge in [-0.2, -0.15) is 5.26 Å². The van der Waals surface area contributed by atoms with Crippen molar-refractivity contribution in [2.45, 2.75) is 6.61 Å². The molecule has 20 heavy (non-hydrogen) atoms. The lowest BCUT2D eigenvalue weighted by atomic mass is 10.2. The maximum Gasteiger partial charge on any atom is 0.339 e. The highest BCUT2D eigenvalue weighted by Crippen LogP contribution is 2.21. The molecule has 0 aliphatic carbocycles. The van der Waals surface area contributed by atoms with E-state index in [4.69, 9.17) is 15.1 Å². The summed E-state index contributed by atoms with van der Waals surface area (Å²) in [6.07, 6.45) is 1.45. The lowest BCUT2D eigenvalue weighted by Gasteiger charge is -2.09. The first-order chi connectivity index (χ1) is 9.60. The average molecular weight is 272 g/mol. The van der Waals surface area contributed by atoms with Crippen LogP contribution in [0.25, 0.3) is 0 Å². The van der Waals surface area contributed by atoms with Crippen molar-refractivity contribution in [3.05, 3.63) is 59.2 Å². The highest BCUT2D eigenvalue weighted by molar-refractivity contribution is 5.90. The Bertz CT molecular complexity index is 695. The van der Waals surface area contributed by atoms with E-state index in [-0.39, 0.29) is 23.6 Å². The summed E-state index contributed by atoms with van der Waals surface area (Å²) in [6, 6.07) is 8.22. The number of carboxylic acids is 1. The fraction of sp³-hybridized carbons (Fsp3) is 0.0714. The molecule has 0 spiro atoms. The zero-order valence-corrected chi connectivity index (χ0v) is 10.2. The van der Waals surface area contributed by atoms with Crippen molar-refractivity contribution in [3.63, 3.8) is 0 Å². The second-order valence-corrected chi connectivity index (χ2v) is 3.90. The molecule has 1 heterocycles. The van der Waals surface area contributed by atoms with Crippen LogP contribution >= 0.6 is 0 Å². The molecule has 0 amide bonds. The minimum Gasteiger partial charge on any atom is -0.488 e. The van der Waals surface area contributed by atoms with Crippen molar-refractivity contribution >= 4 is 5.97 Å². The summed E-state index contributed by atoms with van der Waals surface area (Å²) < 4.78 is 18.4. The van der Waals surface area contributed by atoms with Gasteiger partial charge < -0.3 is 9.84 Å². The first-order valence-corrected chi connectivity index (χ1v) is 5.61. The van der Waals surface area contributed by atoms with Crippen LogP contribution in [-0.2, 0) is 6.61 Å². The number of hydrogen-bond acceptors (Lipinski definition) is 4. The van der Waals surface area contributed by atoms with Gasteiger partial charge in [-0.25, -0.2) is 14.2 Å². The van der Waals surface area contributed by atoms with Crippen molar-refractivity contribution in [2.24, 2.45) is 0 Å². The third-order valence-corrected chi connectivity index (χ3v) is 2.51. The molecule has 0 aliphatic heterocycles. The van der Waals surface area contributed by atoms with E-state index in [2.05, 4.69) is 4.98 Å². The molecule has 0 saturated heterocycles. The number of halogens is 1. The maximum absolute atomic E-state index is 13.1. The Morgan fingerprint density at radius 3 is 2.90 bits per heavy atom. The normalized spacial score (nSPS) is 9.80. The molecule has 2 aromatic rings. The second kappa shape index (κ2) is 5.80. The summed E-state index contributed by atoms with van der Waals surface area (Å²) in [5.41, 5.74) is 0.738. The van der Waals surface area contributed by atoms with Crippen molar-refractivity contribution in [3.8, 4) is 11.8 Å². The fourth-order valence-corrected chi connectivity index (χ4v) is 1.58. The molecular weight excluding hydrogens is 263 g/mol. The highest BCUT2D eigenvalue weighted by Gasteiger charge is 2.12. The Kier molecular flexibility index (Phi) is 3.91.